The summed E-state index contributed by atoms with van der Waals surface area (Å²) in [4.78, 5) is 116. The zero-order valence-corrected chi connectivity index (χ0v) is 57.2. The molecule has 4 aromatic carbocycles. The van der Waals surface area contributed by atoms with Crippen LogP contribution in [0.5, 0.6) is 0 Å². The number of carbonyl (C=O) groups excluding carboxylic acids is 8. The van der Waals surface area contributed by atoms with Gasteiger partial charge in [0.1, 0.15) is 28.9 Å². The highest BCUT2D eigenvalue weighted by Crippen LogP contribution is 2.43. The molecule has 8 fully saturated rings. The molecule has 21 heteroatoms. The summed E-state index contributed by atoms with van der Waals surface area (Å²) in [5.41, 5.74) is 4.98. The van der Waals surface area contributed by atoms with Gasteiger partial charge < -0.3 is 39.2 Å². The molecule has 16 nitrogen and oxygen atoms in total. The van der Waals surface area contributed by atoms with Crippen LogP contribution >= 0.6 is 0 Å². The van der Waals surface area contributed by atoms with Gasteiger partial charge in [0.15, 0.2) is 0 Å². The molecule has 550 valence electrons. The van der Waals surface area contributed by atoms with Crippen molar-refractivity contribution >= 4 is 47.3 Å². The molecule has 0 spiro atoms. The Bertz CT molecular complexity index is 4650. The standard InChI is InChI=1S/C20H24F2N2O2.3C20H25FN2O2.CH4/c1-20(22)7-4-14(5-8-20)19(26)23-11-17-16-10-15(21)3-2-13(16)6-9-24(17)18(25)12-23;3*1-13-2-4-15(5-3-13)20(25)22-11-18-17-10-16(21)7-6-14(17)8-9-23(18)19(24)12-22;/h2-3,10,14,17H,4-9,11-12H2,1H3;3*6-7,10,13,15,18H,2-5,8-9,11-12H2,1H3;1H4/i;2D2,3D2,4D2,5D2,13D,15D;2D2,3D2,4D2,5D2,13D;13D;. The number of piperazine rings is 4. The van der Waals surface area contributed by atoms with Crippen LogP contribution in [-0.4, -0.2) is 171 Å². The quantitative estimate of drug-likeness (QED) is 0.182. The second-order valence-corrected chi connectivity index (χ2v) is 28.6. The monoisotopic (exact) mass is 1430 g/mol. The van der Waals surface area contributed by atoms with Crippen molar-refractivity contribution in [2.75, 3.05) is 78.5 Å². The molecule has 0 bridgehead atoms. The van der Waals surface area contributed by atoms with Crippen molar-refractivity contribution in [3.05, 3.63) is 141 Å². The first-order valence-electron chi connectivity index (χ1n) is 45.0. The van der Waals surface area contributed by atoms with Crippen LogP contribution < -0.4 is 0 Å². The number of hydrogen-bond acceptors (Lipinski definition) is 8. The van der Waals surface area contributed by atoms with Gasteiger partial charge in [-0.2, -0.15) is 0 Å². The maximum absolute atomic E-state index is 14.0. The summed E-state index contributed by atoms with van der Waals surface area (Å²) in [5, 5.41) is 0. The number of rotatable bonds is 4. The van der Waals surface area contributed by atoms with Gasteiger partial charge in [-0.3, -0.25) is 38.4 Å². The lowest BCUT2D eigenvalue weighted by atomic mass is 9.80. The molecule has 4 saturated carbocycles. The number of amides is 8. The summed E-state index contributed by atoms with van der Waals surface area (Å²) >= 11 is 0. The molecule has 0 radical (unpaired) electrons. The third-order valence-electron chi connectivity index (χ3n) is 21.8. The van der Waals surface area contributed by atoms with Crippen LogP contribution in [0.2, 0.25) is 0 Å². The van der Waals surface area contributed by atoms with Crippen LogP contribution in [0.15, 0.2) is 72.8 Å². The van der Waals surface area contributed by atoms with Gasteiger partial charge in [-0.15, -0.1) is 0 Å². The molecule has 4 aromatic rings. The Morgan fingerprint density at radius 2 is 0.686 bits per heavy atom. The predicted molar refractivity (Wildman–Crippen MR) is 376 cm³/mol. The summed E-state index contributed by atoms with van der Waals surface area (Å²) in [5.74, 6) is -18.6. The molecule has 8 heterocycles. The molecule has 0 N–H and O–H groups in total. The topological polar surface area (TPSA) is 162 Å². The van der Waals surface area contributed by atoms with Gasteiger partial charge >= 0.3 is 0 Å². The summed E-state index contributed by atoms with van der Waals surface area (Å²) in [6.07, 6.45) is -20.3. The summed E-state index contributed by atoms with van der Waals surface area (Å²) in [7, 11) is 0. The lowest BCUT2D eigenvalue weighted by Crippen LogP contribution is -2.57. The number of carbonyl (C=O) groups is 8. The van der Waals surface area contributed by atoms with E-state index in [0.717, 1.165) is 69.4 Å². The number of hydrogen-bond donors (Lipinski definition) is 0. The highest BCUT2D eigenvalue weighted by molar-refractivity contribution is 5.90. The molecule has 4 aliphatic carbocycles. The van der Waals surface area contributed by atoms with Crippen molar-refractivity contribution in [3.8, 4) is 0 Å². The SMILES string of the molecule is C.CC1(F)CCC(C(=O)N2CC(=O)N3CCc4ccc(F)cc4C3C2)CC1.[2H]C1(C)CCC(C(=O)N2CC(=O)N3CCc4ccc(F)cc4C3C2)CC1.[2H]C1([2H])C(C(=O)N2CC(=O)N3CCc4ccc(F)cc4C3C2)C([2H])([2H])C([2H])([2H])C([2H])(C)C1([2H])[2H].[2H]C1([2H])C([2H])([2H])C([2H])(C(=O)N2CC(=O)N3CCc4ccc(F)cc4C3C2)C([2H])([2H])C([2H])([2H])C1([2H])C. The fraction of sp³-hybridized carbons (Fsp3) is 0.605. The van der Waals surface area contributed by atoms with E-state index in [1.54, 1.807) is 50.8 Å². The molecule has 102 heavy (non-hydrogen) atoms. The van der Waals surface area contributed by atoms with Crippen molar-refractivity contribution in [2.24, 2.45) is 41.3 Å². The average Bonchev–Trinajstić information content (AvgIpc) is 0.655. The smallest absolute Gasteiger partial charge is 0.242 e. The predicted octanol–water partition coefficient (Wildman–Crippen LogP) is 12.4. The van der Waals surface area contributed by atoms with Crippen molar-refractivity contribution in [3.63, 3.8) is 0 Å². The van der Waals surface area contributed by atoms with E-state index in [1.165, 1.54) is 58.3 Å². The fourth-order valence-corrected chi connectivity index (χ4v) is 16.1. The molecule has 4 unspecified atom stereocenters. The first-order chi connectivity index (χ1) is 55.8. The van der Waals surface area contributed by atoms with Gasteiger partial charge in [-0.1, -0.05) is 52.5 Å². The highest BCUT2D eigenvalue weighted by atomic mass is 19.1. The van der Waals surface area contributed by atoms with Gasteiger partial charge in [-0.25, -0.2) is 22.0 Å². The minimum absolute atomic E-state index is 0. The minimum Gasteiger partial charge on any atom is -0.332 e. The molecule has 8 amide bonds. The third-order valence-corrected chi connectivity index (χ3v) is 21.8. The minimum atomic E-state index is -3.69. The Hall–Kier alpha value is -7.71. The number of fused-ring (bicyclic) bond motifs is 12. The first-order valence-corrected chi connectivity index (χ1v) is 35.0. The molecule has 16 rings (SSSR count). The van der Waals surface area contributed by atoms with E-state index in [0.29, 0.717) is 109 Å². The van der Waals surface area contributed by atoms with Gasteiger partial charge in [0, 0.05) is 103 Å². The molecular formula is C81H103F5N8O8. The van der Waals surface area contributed by atoms with E-state index in [4.69, 9.17) is 27.4 Å². The van der Waals surface area contributed by atoms with Gasteiger partial charge in [0.05, 0.1) is 50.3 Å². The number of benzene rings is 4. The van der Waals surface area contributed by atoms with Crippen LogP contribution in [0.1, 0.15) is 234 Å². The number of alkyl halides is 1. The van der Waals surface area contributed by atoms with Gasteiger partial charge in [-0.05, 0) is 246 Å². The lowest BCUT2D eigenvalue weighted by Gasteiger charge is -2.45. The Morgan fingerprint density at radius 1 is 0.402 bits per heavy atom. The summed E-state index contributed by atoms with van der Waals surface area (Å²) in [6.45, 7) is 6.14. The van der Waals surface area contributed by atoms with E-state index < -0.39 is 147 Å². The second kappa shape index (κ2) is 31.3. The molecule has 12 aliphatic rings. The fourth-order valence-electron chi connectivity index (χ4n) is 16.1. The van der Waals surface area contributed by atoms with Gasteiger partial charge in [0.2, 0.25) is 47.3 Å². The molecule has 4 atom stereocenters. The van der Waals surface area contributed by atoms with Crippen molar-refractivity contribution < 1.29 is 87.7 Å². The van der Waals surface area contributed by atoms with E-state index >= 15 is 0 Å². The van der Waals surface area contributed by atoms with Crippen LogP contribution in [0, 0.1) is 64.6 Å². The number of nitrogens with zero attached hydrogens (tertiary/aromatic N) is 8. The van der Waals surface area contributed by atoms with E-state index in [1.807, 2.05) is 6.92 Å². The third kappa shape index (κ3) is 16.1. The zero-order valence-electron chi connectivity index (χ0n) is 77.2. The second-order valence-electron chi connectivity index (χ2n) is 28.6. The first kappa shape index (κ1) is 52.3. The molecule has 4 saturated heterocycles. The summed E-state index contributed by atoms with van der Waals surface area (Å²) in [6, 6.07) is 15.5. The Balaban J connectivity index is 0.000000150. The molecule has 8 aliphatic heterocycles. The Labute approximate surface area is 626 Å². The zero-order chi connectivity index (χ0) is 89.2. The number of halogens is 5. The van der Waals surface area contributed by atoms with Crippen molar-refractivity contribution in [2.45, 2.75) is 193 Å². The Kier molecular flexibility index (Phi) is 16.0. The normalized spacial score (nSPS) is 39.2. The molecular weight excluding hydrogens is 1310 g/mol. The Morgan fingerprint density at radius 3 is 1.01 bits per heavy atom. The lowest BCUT2D eigenvalue weighted by molar-refractivity contribution is -0.152. The van der Waals surface area contributed by atoms with E-state index in [-0.39, 0.29) is 99.3 Å². The molecule has 0 aromatic heterocycles. The highest BCUT2D eigenvalue weighted by Gasteiger charge is 2.46. The van der Waals surface area contributed by atoms with Gasteiger partial charge in [0.25, 0.3) is 0 Å². The maximum atomic E-state index is 14.0. The summed E-state index contributed by atoms with van der Waals surface area (Å²) < 4.78 is 236. The van der Waals surface area contributed by atoms with Crippen molar-refractivity contribution in [1.82, 2.24) is 39.2 Å². The van der Waals surface area contributed by atoms with Crippen LogP contribution in [-0.2, 0) is 64.0 Å². The van der Waals surface area contributed by atoms with Crippen LogP contribution in [0.25, 0.3) is 0 Å². The van der Waals surface area contributed by atoms with Crippen molar-refractivity contribution in [1.29, 1.82) is 0 Å². The average molecular weight is 1430 g/mol. The van der Waals surface area contributed by atoms with Crippen LogP contribution in [0.3, 0.4) is 0 Å². The van der Waals surface area contributed by atoms with E-state index in [2.05, 4.69) is 0 Å². The van der Waals surface area contributed by atoms with E-state index in [9.17, 15) is 60.3 Å². The maximum Gasteiger partial charge on any atom is 0.242 e. The largest absolute Gasteiger partial charge is 0.332 e. The van der Waals surface area contributed by atoms with Crippen LogP contribution in [0.4, 0.5) is 22.0 Å².